The Hall–Kier alpha value is -5.72. The number of carbonyl (C=O) groups is 1. The molecule has 0 saturated carbocycles. The van der Waals surface area contributed by atoms with Gasteiger partial charge in [0.05, 0.1) is 35.4 Å². The molecule has 7 rings (SSSR count). The summed E-state index contributed by atoms with van der Waals surface area (Å²) >= 11 is 0. The quantitative estimate of drug-likeness (QED) is 0.0979. The van der Waals surface area contributed by atoms with Gasteiger partial charge in [0.25, 0.3) is 16.6 Å². The van der Waals surface area contributed by atoms with E-state index in [9.17, 15) is 14.3 Å². The minimum absolute atomic E-state index is 0.0369. The Kier molecular flexibility index (Phi) is 13.9. The van der Waals surface area contributed by atoms with Gasteiger partial charge in [0, 0.05) is 24.2 Å². The molecule has 0 aliphatic rings. The minimum atomic E-state index is -3.24. The van der Waals surface area contributed by atoms with Crippen molar-refractivity contribution in [2.24, 2.45) is 0 Å². The number of aromatic nitrogens is 2. The molecule has 330 valence electrons. The van der Waals surface area contributed by atoms with Crippen LogP contribution in [0.5, 0.6) is 0 Å². The largest absolute Gasteiger partial charge is 0.481 e. The fraction of sp³-hybridized carbons (Fsp3) is 0.273. The number of nitrogens with zero attached hydrogens (tertiary/aromatic N) is 2. The number of hydrogen-bond acceptors (Lipinski definition) is 4. The van der Waals surface area contributed by atoms with Crippen LogP contribution in [0, 0.1) is 5.82 Å². The van der Waals surface area contributed by atoms with Gasteiger partial charge < -0.3 is 18.5 Å². The minimum Gasteiger partial charge on any atom is -0.481 e. The van der Waals surface area contributed by atoms with Gasteiger partial charge in [-0.3, -0.25) is 9.78 Å². The Morgan fingerprint density at radius 1 is 0.672 bits per heavy atom. The van der Waals surface area contributed by atoms with Crippen molar-refractivity contribution in [2.75, 3.05) is 0 Å². The van der Waals surface area contributed by atoms with Crippen molar-refractivity contribution in [3.8, 4) is 11.1 Å². The molecule has 0 aliphatic heterocycles. The number of carboxylic acids is 1. The molecule has 5 aromatic carbocycles. The van der Waals surface area contributed by atoms with Crippen LogP contribution in [-0.2, 0) is 13.6 Å². The Morgan fingerprint density at radius 3 is 1.55 bits per heavy atom. The maximum atomic E-state index is 14.5. The average molecular weight is 889 g/mol. The molecule has 2 heterocycles. The smallest absolute Gasteiger partial charge is 0.305 e. The number of hydrogen-bond donors (Lipinski definition) is 1. The molecule has 1 N–H and O–H groups in total. The van der Waals surface area contributed by atoms with Crippen molar-refractivity contribution in [3.05, 3.63) is 182 Å². The van der Waals surface area contributed by atoms with E-state index in [1.165, 1.54) is 12.1 Å². The Labute approximate surface area is 380 Å². The van der Waals surface area contributed by atoms with E-state index in [-0.39, 0.29) is 29.7 Å². The molecule has 2 atom stereocenters. The van der Waals surface area contributed by atoms with Gasteiger partial charge in [-0.15, -0.1) is 0 Å². The zero-order valence-corrected chi connectivity index (χ0v) is 40.3. The van der Waals surface area contributed by atoms with E-state index in [0.29, 0.717) is 0 Å². The summed E-state index contributed by atoms with van der Waals surface area (Å²) in [5.74, 6) is -1.26. The van der Waals surface area contributed by atoms with Crippen LogP contribution in [0.15, 0.2) is 170 Å². The molecule has 0 radical (unpaired) electrons. The van der Waals surface area contributed by atoms with Crippen LogP contribution in [0.25, 0.3) is 28.2 Å². The van der Waals surface area contributed by atoms with Gasteiger partial charge in [0.2, 0.25) is 0 Å². The fourth-order valence-electron chi connectivity index (χ4n) is 9.63. The molecule has 0 saturated heterocycles. The normalized spacial score (nSPS) is 13.7. The Morgan fingerprint density at radius 2 is 1.12 bits per heavy atom. The third kappa shape index (κ3) is 9.26. The summed E-state index contributed by atoms with van der Waals surface area (Å²) < 4.78 is 32.4. The first kappa shape index (κ1) is 46.3. The van der Waals surface area contributed by atoms with Gasteiger partial charge in [0.15, 0.2) is 0 Å². The topological polar surface area (TPSA) is 73.6 Å². The van der Waals surface area contributed by atoms with Gasteiger partial charge in [-0.2, -0.15) is 0 Å². The Balaban J connectivity index is 1.48. The second kappa shape index (κ2) is 19.2. The number of carboxylic acid groups (broad SMARTS) is 1. The van der Waals surface area contributed by atoms with Crippen molar-refractivity contribution in [1.29, 1.82) is 0 Å². The zero-order valence-electron chi connectivity index (χ0n) is 38.3. The van der Waals surface area contributed by atoms with Crippen molar-refractivity contribution < 1.29 is 23.1 Å². The molecule has 64 heavy (non-hydrogen) atoms. The lowest BCUT2D eigenvalue weighted by molar-refractivity contribution is -0.139. The van der Waals surface area contributed by atoms with Crippen molar-refractivity contribution in [3.63, 3.8) is 0 Å². The molecule has 2 aromatic heterocycles. The molecular weight excluding hydrogens is 828 g/mol. The molecule has 0 aliphatic carbocycles. The summed E-state index contributed by atoms with van der Waals surface area (Å²) in [4.78, 5) is 18.0. The van der Waals surface area contributed by atoms with E-state index >= 15 is 0 Å². The SMILES string of the molecule is CC(C)n1c(C=CC(CC(CC(=O)O)O[Si](c2ccccc2)(c2ccccc2)C(C)(C)C)O[Si](c2ccccc2)(c2ccccc2)C(C)(C)C)c(-c2ccc(F)cc2)c2ncccc21. The first-order chi connectivity index (χ1) is 30.6. The van der Waals surface area contributed by atoms with Gasteiger partial charge in [0.1, 0.15) is 5.82 Å². The van der Waals surface area contributed by atoms with E-state index in [1.54, 1.807) is 18.3 Å². The molecule has 0 bridgehead atoms. The third-order valence-corrected chi connectivity index (χ3v) is 22.5. The predicted octanol–water partition coefficient (Wildman–Crippen LogP) is 11.2. The predicted molar refractivity (Wildman–Crippen MR) is 266 cm³/mol. The summed E-state index contributed by atoms with van der Waals surface area (Å²) in [5, 5.41) is 14.4. The van der Waals surface area contributed by atoms with Gasteiger partial charge >= 0.3 is 5.97 Å². The summed E-state index contributed by atoms with van der Waals surface area (Å²) in [7, 11) is -6.47. The van der Waals surface area contributed by atoms with E-state index in [4.69, 9.17) is 13.8 Å². The van der Waals surface area contributed by atoms with E-state index < -0.39 is 39.9 Å². The van der Waals surface area contributed by atoms with E-state index in [1.807, 2.05) is 54.6 Å². The molecule has 2 unspecified atom stereocenters. The molecule has 0 amide bonds. The maximum Gasteiger partial charge on any atom is 0.305 e. The van der Waals surface area contributed by atoms with Crippen LogP contribution in [0.2, 0.25) is 10.1 Å². The number of pyridine rings is 1. The second-order valence-electron chi connectivity index (χ2n) is 19.0. The van der Waals surface area contributed by atoms with Crippen LogP contribution < -0.4 is 20.7 Å². The van der Waals surface area contributed by atoms with Crippen molar-refractivity contribution >= 4 is 60.5 Å². The summed E-state index contributed by atoms with van der Waals surface area (Å²) in [5.41, 5.74) is 4.39. The summed E-state index contributed by atoms with van der Waals surface area (Å²) in [6.07, 6.45) is 4.65. The number of fused-ring (bicyclic) bond motifs is 1. The van der Waals surface area contributed by atoms with Crippen LogP contribution in [0.3, 0.4) is 0 Å². The summed E-state index contributed by atoms with van der Waals surface area (Å²) in [6.45, 7) is 17.7. The van der Waals surface area contributed by atoms with E-state index in [0.717, 1.165) is 48.6 Å². The lowest BCUT2D eigenvalue weighted by atomic mass is 10.0. The maximum absolute atomic E-state index is 14.5. The lowest BCUT2D eigenvalue weighted by Crippen LogP contribution is -2.69. The van der Waals surface area contributed by atoms with Crippen LogP contribution >= 0.6 is 0 Å². The van der Waals surface area contributed by atoms with Gasteiger partial charge in [-0.25, -0.2) is 4.39 Å². The molecule has 0 fully saturated rings. The second-order valence-corrected chi connectivity index (χ2v) is 27.5. The van der Waals surface area contributed by atoms with Crippen molar-refractivity contribution in [2.45, 2.75) is 96.6 Å². The molecule has 7 aromatic rings. The fourth-order valence-corrected chi connectivity index (χ4v) is 19.0. The number of halogens is 1. The van der Waals surface area contributed by atoms with E-state index in [2.05, 4.69) is 151 Å². The lowest BCUT2D eigenvalue weighted by Gasteiger charge is -2.47. The highest BCUT2D eigenvalue weighted by Gasteiger charge is 2.54. The highest BCUT2D eigenvalue weighted by atomic mass is 28.4. The van der Waals surface area contributed by atoms with Crippen molar-refractivity contribution in [1.82, 2.24) is 9.55 Å². The number of aliphatic carboxylic acids is 1. The number of benzene rings is 5. The van der Waals surface area contributed by atoms with Crippen LogP contribution in [0.1, 0.15) is 80.0 Å². The average Bonchev–Trinajstić information content (AvgIpc) is 3.61. The zero-order chi connectivity index (χ0) is 45.7. The highest BCUT2D eigenvalue weighted by molar-refractivity contribution is 7.00. The first-order valence-electron chi connectivity index (χ1n) is 22.3. The monoisotopic (exact) mass is 888 g/mol. The van der Waals surface area contributed by atoms with Gasteiger partial charge in [-0.05, 0) is 80.6 Å². The van der Waals surface area contributed by atoms with Gasteiger partial charge in [-0.1, -0.05) is 181 Å². The molecule has 9 heteroatoms. The highest BCUT2D eigenvalue weighted by Crippen LogP contribution is 2.42. The standard InChI is InChI=1S/C55H61FN2O4Si2/c1-40(2)58-49(52(41-31-33-42(56)34-32-41)53-50(58)30-21-37-57-53)36-35-43(61-63(54(3,4)5,45-22-13-9-14-23-45)46-24-15-10-16-25-46)38-44(39-51(59)60)62-64(55(6,7)8,47-26-17-11-18-27-47)48-28-19-12-20-29-48/h9-37,40,43-44H,38-39H2,1-8H3,(H,59,60). The molecular formula is C55H61FN2O4Si2. The Bertz CT molecular complexity index is 2580. The first-order valence-corrected chi connectivity index (χ1v) is 26.1. The summed E-state index contributed by atoms with van der Waals surface area (Å²) in [6, 6.07) is 52.4. The third-order valence-electron chi connectivity index (χ3n) is 12.3. The van der Waals surface area contributed by atoms with Crippen LogP contribution in [-0.4, -0.2) is 49.5 Å². The van der Waals surface area contributed by atoms with Crippen LogP contribution in [0.4, 0.5) is 4.39 Å². The number of rotatable bonds is 16. The molecule has 6 nitrogen and oxygen atoms in total. The molecule has 0 spiro atoms.